The van der Waals surface area contributed by atoms with Gasteiger partial charge in [0.25, 0.3) is 5.91 Å². The lowest BCUT2D eigenvalue weighted by Gasteiger charge is -2.14. The first-order valence-electron chi connectivity index (χ1n) is 8.77. The summed E-state index contributed by atoms with van der Waals surface area (Å²) in [6.45, 7) is 6.70. The Morgan fingerprint density at radius 3 is 2.62 bits per heavy atom. The Labute approximate surface area is 153 Å². The molecule has 26 heavy (non-hydrogen) atoms. The summed E-state index contributed by atoms with van der Waals surface area (Å²) < 4.78 is 1.70. The van der Waals surface area contributed by atoms with Gasteiger partial charge in [-0.25, -0.2) is 4.98 Å². The molecule has 2 aromatic heterocycles. The third-order valence-electron chi connectivity index (χ3n) is 4.28. The zero-order chi connectivity index (χ0) is 18.5. The van der Waals surface area contributed by atoms with Crippen LogP contribution in [0.2, 0.25) is 0 Å². The van der Waals surface area contributed by atoms with E-state index >= 15 is 0 Å². The van der Waals surface area contributed by atoms with Gasteiger partial charge in [-0.3, -0.25) is 14.5 Å². The average molecular weight is 349 g/mol. The van der Waals surface area contributed by atoms with E-state index in [0.717, 1.165) is 23.4 Å². The van der Waals surface area contributed by atoms with Gasteiger partial charge in [-0.15, -0.1) is 0 Å². The van der Waals surface area contributed by atoms with Gasteiger partial charge in [0.2, 0.25) is 0 Å². The smallest absolute Gasteiger partial charge is 0.251 e. The Hall–Kier alpha value is -3.02. The number of carbonyl (C=O) groups excluding carboxylic acids is 1. The standard InChI is InChI=1S/C20H23N5O/c1-4-18-14(2)5-10-19(24-18)16-6-8-17(9-7-16)20(26)23-15(3)11-25-13-21-12-22-25/h5-10,12-13,15H,4,11H2,1-3H3,(H,23,26). The van der Waals surface area contributed by atoms with E-state index in [2.05, 4.69) is 35.3 Å². The summed E-state index contributed by atoms with van der Waals surface area (Å²) in [6, 6.07) is 11.6. The Morgan fingerprint density at radius 1 is 1.19 bits per heavy atom. The number of carbonyl (C=O) groups is 1. The van der Waals surface area contributed by atoms with E-state index in [-0.39, 0.29) is 11.9 Å². The van der Waals surface area contributed by atoms with Crippen LogP contribution in [-0.4, -0.2) is 31.7 Å². The van der Waals surface area contributed by atoms with Crippen LogP contribution < -0.4 is 5.32 Å². The van der Waals surface area contributed by atoms with E-state index in [9.17, 15) is 4.79 Å². The molecule has 6 heteroatoms. The molecule has 1 atom stereocenters. The number of pyridine rings is 1. The van der Waals surface area contributed by atoms with Gasteiger partial charge in [0.15, 0.2) is 0 Å². The van der Waals surface area contributed by atoms with E-state index < -0.39 is 0 Å². The maximum Gasteiger partial charge on any atom is 0.251 e. The highest BCUT2D eigenvalue weighted by Gasteiger charge is 2.11. The molecule has 0 bridgehead atoms. The van der Waals surface area contributed by atoms with Crippen LogP contribution in [0, 0.1) is 6.92 Å². The van der Waals surface area contributed by atoms with E-state index in [0.29, 0.717) is 12.1 Å². The molecule has 6 nitrogen and oxygen atoms in total. The quantitative estimate of drug-likeness (QED) is 0.742. The minimum atomic E-state index is -0.102. The van der Waals surface area contributed by atoms with Gasteiger partial charge < -0.3 is 5.32 Å². The number of hydrogen-bond acceptors (Lipinski definition) is 4. The summed E-state index contributed by atoms with van der Waals surface area (Å²) in [4.78, 5) is 21.0. The molecule has 0 saturated carbocycles. The van der Waals surface area contributed by atoms with Crippen molar-refractivity contribution in [2.45, 2.75) is 39.8 Å². The summed E-state index contributed by atoms with van der Waals surface area (Å²) >= 11 is 0. The summed E-state index contributed by atoms with van der Waals surface area (Å²) in [5, 5.41) is 7.03. The molecule has 0 saturated heterocycles. The third-order valence-corrected chi connectivity index (χ3v) is 4.28. The lowest BCUT2D eigenvalue weighted by molar-refractivity contribution is 0.0936. The Balaban J connectivity index is 1.68. The molecule has 1 N–H and O–H groups in total. The maximum atomic E-state index is 12.4. The van der Waals surface area contributed by atoms with Crippen LogP contribution in [0.25, 0.3) is 11.3 Å². The number of aryl methyl sites for hydroxylation is 2. The highest BCUT2D eigenvalue weighted by atomic mass is 16.1. The number of amides is 1. The average Bonchev–Trinajstić information content (AvgIpc) is 3.15. The molecular weight excluding hydrogens is 326 g/mol. The van der Waals surface area contributed by atoms with E-state index in [1.807, 2.05) is 37.3 Å². The van der Waals surface area contributed by atoms with Crippen molar-refractivity contribution in [2.24, 2.45) is 0 Å². The van der Waals surface area contributed by atoms with Crippen molar-refractivity contribution in [1.82, 2.24) is 25.1 Å². The van der Waals surface area contributed by atoms with E-state index in [1.165, 1.54) is 11.9 Å². The topological polar surface area (TPSA) is 72.7 Å². The summed E-state index contributed by atoms with van der Waals surface area (Å²) in [7, 11) is 0. The van der Waals surface area contributed by atoms with Crippen molar-refractivity contribution in [3.8, 4) is 11.3 Å². The van der Waals surface area contributed by atoms with Crippen LogP contribution in [0.3, 0.4) is 0 Å². The van der Waals surface area contributed by atoms with E-state index in [1.54, 1.807) is 11.0 Å². The second kappa shape index (κ2) is 7.91. The van der Waals surface area contributed by atoms with Gasteiger partial charge in [0.1, 0.15) is 12.7 Å². The Bertz CT molecular complexity index is 872. The van der Waals surface area contributed by atoms with Crippen molar-refractivity contribution in [2.75, 3.05) is 0 Å². The molecular formula is C20H23N5O. The summed E-state index contributed by atoms with van der Waals surface area (Å²) in [5.74, 6) is -0.102. The van der Waals surface area contributed by atoms with Gasteiger partial charge in [-0.2, -0.15) is 5.10 Å². The monoisotopic (exact) mass is 349 g/mol. The molecule has 3 rings (SSSR count). The third kappa shape index (κ3) is 4.14. The molecule has 0 aliphatic rings. The van der Waals surface area contributed by atoms with Gasteiger partial charge in [0.05, 0.1) is 12.2 Å². The molecule has 1 aromatic carbocycles. The molecule has 2 heterocycles. The van der Waals surface area contributed by atoms with Crippen LogP contribution in [0.1, 0.15) is 35.5 Å². The van der Waals surface area contributed by atoms with Crippen LogP contribution in [0.15, 0.2) is 49.1 Å². The number of benzene rings is 1. The first-order valence-corrected chi connectivity index (χ1v) is 8.77. The van der Waals surface area contributed by atoms with Crippen LogP contribution in [-0.2, 0) is 13.0 Å². The fraction of sp³-hybridized carbons (Fsp3) is 0.300. The highest BCUT2D eigenvalue weighted by molar-refractivity contribution is 5.94. The summed E-state index contributed by atoms with van der Waals surface area (Å²) in [6.07, 6.45) is 4.02. The fourth-order valence-electron chi connectivity index (χ4n) is 2.84. The number of nitrogens with one attached hydrogen (secondary N) is 1. The SMILES string of the molecule is CCc1nc(-c2ccc(C(=O)NC(C)Cn3cncn3)cc2)ccc1C. The fourth-order valence-corrected chi connectivity index (χ4v) is 2.84. The molecule has 3 aromatic rings. The zero-order valence-corrected chi connectivity index (χ0v) is 15.3. The molecule has 1 amide bonds. The van der Waals surface area contributed by atoms with Crippen molar-refractivity contribution in [3.63, 3.8) is 0 Å². The molecule has 0 spiro atoms. The Morgan fingerprint density at radius 2 is 1.96 bits per heavy atom. The maximum absolute atomic E-state index is 12.4. The number of aromatic nitrogens is 4. The number of hydrogen-bond donors (Lipinski definition) is 1. The predicted molar refractivity (Wildman–Crippen MR) is 101 cm³/mol. The zero-order valence-electron chi connectivity index (χ0n) is 15.3. The van der Waals surface area contributed by atoms with Crippen LogP contribution in [0.5, 0.6) is 0 Å². The highest BCUT2D eigenvalue weighted by Crippen LogP contribution is 2.20. The summed E-state index contributed by atoms with van der Waals surface area (Å²) in [5.41, 5.74) is 4.87. The molecule has 1 unspecified atom stereocenters. The largest absolute Gasteiger partial charge is 0.348 e. The van der Waals surface area contributed by atoms with Crippen molar-refractivity contribution in [1.29, 1.82) is 0 Å². The minimum absolute atomic E-state index is 0.0465. The Kier molecular flexibility index (Phi) is 5.41. The second-order valence-corrected chi connectivity index (χ2v) is 6.38. The number of nitrogens with zero attached hydrogens (tertiary/aromatic N) is 4. The molecule has 0 aliphatic heterocycles. The van der Waals surface area contributed by atoms with Gasteiger partial charge in [-0.1, -0.05) is 25.1 Å². The first-order chi connectivity index (χ1) is 12.6. The van der Waals surface area contributed by atoms with Gasteiger partial charge >= 0.3 is 0 Å². The molecule has 0 radical (unpaired) electrons. The van der Waals surface area contributed by atoms with Crippen molar-refractivity contribution >= 4 is 5.91 Å². The lowest BCUT2D eigenvalue weighted by atomic mass is 10.1. The predicted octanol–water partition coefficient (Wildman–Crippen LogP) is 3.03. The lowest BCUT2D eigenvalue weighted by Crippen LogP contribution is -2.35. The number of rotatable bonds is 6. The van der Waals surface area contributed by atoms with Crippen molar-refractivity contribution in [3.05, 3.63) is 65.9 Å². The second-order valence-electron chi connectivity index (χ2n) is 6.38. The van der Waals surface area contributed by atoms with Gasteiger partial charge in [-0.05, 0) is 44.0 Å². The molecule has 0 aliphatic carbocycles. The molecule has 0 fully saturated rings. The van der Waals surface area contributed by atoms with Crippen LogP contribution >= 0.6 is 0 Å². The molecule has 134 valence electrons. The van der Waals surface area contributed by atoms with E-state index in [4.69, 9.17) is 4.98 Å². The normalized spacial score (nSPS) is 12.0. The first kappa shape index (κ1) is 17.8. The minimum Gasteiger partial charge on any atom is -0.348 e. The van der Waals surface area contributed by atoms with Crippen LogP contribution in [0.4, 0.5) is 0 Å². The van der Waals surface area contributed by atoms with Crippen molar-refractivity contribution < 1.29 is 4.79 Å². The van der Waals surface area contributed by atoms with Gasteiger partial charge in [0, 0.05) is 22.9 Å².